The maximum atomic E-state index is 9.30. The van der Waals surface area contributed by atoms with Crippen LogP contribution in [0.25, 0.3) is 0 Å². The zero-order chi connectivity index (χ0) is 13.5. The third-order valence-electron chi connectivity index (χ3n) is 2.85. The van der Waals surface area contributed by atoms with Crippen LogP contribution in [0.1, 0.15) is 32.3 Å². The lowest BCUT2D eigenvalue weighted by atomic mass is 9.77. The Morgan fingerprint density at radius 3 is 2.61 bits per heavy atom. The Labute approximate surface area is 109 Å². The fraction of sp³-hybridized carbons (Fsp3) is 0.538. The van der Waals surface area contributed by atoms with E-state index >= 15 is 0 Å². The Balaban J connectivity index is 2.77. The van der Waals surface area contributed by atoms with E-state index in [1.54, 1.807) is 25.3 Å². The summed E-state index contributed by atoms with van der Waals surface area (Å²) in [6.07, 6.45) is 2.21. The van der Waals surface area contributed by atoms with Crippen molar-refractivity contribution in [3.63, 3.8) is 0 Å². The topological polar surface area (TPSA) is 58.9 Å². The van der Waals surface area contributed by atoms with E-state index in [2.05, 4.69) is 6.92 Å². The van der Waals surface area contributed by atoms with Gasteiger partial charge in [-0.05, 0) is 36.5 Å². The summed E-state index contributed by atoms with van der Waals surface area (Å²) < 4.78 is 10.8. The van der Waals surface area contributed by atoms with Crippen LogP contribution in [0.5, 0.6) is 5.75 Å². The third-order valence-corrected chi connectivity index (χ3v) is 2.85. The van der Waals surface area contributed by atoms with Crippen molar-refractivity contribution in [2.24, 2.45) is 0 Å². The molecular weight excluding hydrogens is 231 g/mol. The lowest BCUT2D eigenvalue weighted by Crippen LogP contribution is -2.33. The van der Waals surface area contributed by atoms with Crippen molar-refractivity contribution in [2.45, 2.75) is 39.4 Å². The Morgan fingerprint density at radius 2 is 2.06 bits per heavy atom. The van der Waals surface area contributed by atoms with E-state index in [9.17, 15) is 10.0 Å². The highest BCUT2D eigenvalue weighted by atomic mass is 16.5. The zero-order valence-electron chi connectivity index (χ0n) is 11.2. The van der Waals surface area contributed by atoms with Crippen LogP contribution in [-0.2, 0) is 11.3 Å². The van der Waals surface area contributed by atoms with Gasteiger partial charge in [-0.15, -0.1) is 0 Å². The molecule has 1 rings (SSSR count). The molecule has 0 spiro atoms. The molecule has 1 aromatic carbocycles. The quantitative estimate of drug-likeness (QED) is 0.713. The fourth-order valence-electron chi connectivity index (χ4n) is 1.81. The van der Waals surface area contributed by atoms with Crippen LogP contribution in [0, 0.1) is 0 Å². The molecular formula is C13H21BO4. The van der Waals surface area contributed by atoms with Gasteiger partial charge in [0.1, 0.15) is 5.75 Å². The van der Waals surface area contributed by atoms with E-state index in [0.29, 0.717) is 17.8 Å². The van der Waals surface area contributed by atoms with Crippen LogP contribution in [0.4, 0.5) is 0 Å². The lowest BCUT2D eigenvalue weighted by molar-refractivity contribution is 0.0474. The summed E-state index contributed by atoms with van der Waals surface area (Å²) in [6, 6.07) is 5.12. The summed E-state index contributed by atoms with van der Waals surface area (Å²) in [6.45, 7) is 4.47. The van der Waals surface area contributed by atoms with Crippen molar-refractivity contribution < 1.29 is 19.5 Å². The molecule has 1 atom stereocenters. The summed E-state index contributed by atoms with van der Waals surface area (Å²) in [5.74, 6) is 0.682. The Bertz CT molecular complexity index is 368. The van der Waals surface area contributed by atoms with Crippen molar-refractivity contribution in [1.29, 1.82) is 0 Å². The SMILES string of the molecule is CCCC(C)OCc1cc(OC)ccc1B(O)O. The molecule has 1 unspecified atom stereocenters. The molecule has 0 amide bonds. The van der Waals surface area contributed by atoms with Crippen LogP contribution in [0.2, 0.25) is 0 Å². The molecule has 0 aromatic heterocycles. The van der Waals surface area contributed by atoms with Gasteiger partial charge in [-0.25, -0.2) is 0 Å². The third kappa shape index (κ3) is 4.33. The molecule has 0 aliphatic rings. The Kier molecular flexibility index (Phi) is 6.19. The molecule has 18 heavy (non-hydrogen) atoms. The van der Waals surface area contributed by atoms with E-state index in [-0.39, 0.29) is 6.10 Å². The highest BCUT2D eigenvalue weighted by Gasteiger charge is 2.17. The number of methoxy groups -OCH3 is 1. The molecule has 5 heteroatoms. The van der Waals surface area contributed by atoms with Gasteiger partial charge in [-0.1, -0.05) is 19.4 Å². The Morgan fingerprint density at radius 1 is 1.33 bits per heavy atom. The molecule has 0 fully saturated rings. The van der Waals surface area contributed by atoms with Crippen molar-refractivity contribution in [1.82, 2.24) is 0 Å². The second-order valence-corrected chi connectivity index (χ2v) is 4.35. The summed E-state index contributed by atoms with van der Waals surface area (Å²) in [4.78, 5) is 0. The van der Waals surface area contributed by atoms with E-state index in [4.69, 9.17) is 9.47 Å². The predicted octanol–water partition coefficient (Wildman–Crippen LogP) is 1.08. The first-order valence-electron chi connectivity index (χ1n) is 6.23. The van der Waals surface area contributed by atoms with Gasteiger partial charge < -0.3 is 19.5 Å². The van der Waals surface area contributed by atoms with Gasteiger partial charge in [0.2, 0.25) is 0 Å². The molecule has 0 saturated heterocycles. The molecule has 1 aromatic rings. The molecule has 0 radical (unpaired) electrons. The van der Waals surface area contributed by atoms with E-state index < -0.39 is 7.12 Å². The highest BCUT2D eigenvalue weighted by molar-refractivity contribution is 6.59. The van der Waals surface area contributed by atoms with Gasteiger partial charge in [-0.3, -0.25) is 0 Å². The van der Waals surface area contributed by atoms with Crippen molar-refractivity contribution >= 4 is 12.6 Å². The minimum atomic E-state index is -1.49. The van der Waals surface area contributed by atoms with Gasteiger partial charge in [0.15, 0.2) is 0 Å². The van der Waals surface area contributed by atoms with Crippen LogP contribution < -0.4 is 10.2 Å². The number of ether oxygens (including phenoxy) is 2. The molecule has 4 nitrogen and oxygen atoms in total. The average Bonchev–Trinajstić information content (AvgIpc) is 2.36. The van der Waals surface area contributed by atoms with Crippen molar-refractivity contribution in [3.05, 3.63) is 23.8 Å². The number of rotatable bonds is 7. The average molecular weight is 252 g/mol. The van der Waals surface area contributed by atoms with Gasteiger partial charge in [0.25, 0.3) is 0 Å². The van der Waals surface area contributed by atoms with Crippen molar-refractivity contribution in [3.8, 4) is 5.75 Å². The number of hydrogen-bond acceptors (Lipinski definition) is 4. The minimum Gasteiger partial charge on any atom is -0.497 e. The molecule has 0 aliphatic carbocycles. The monoisotopic (exact) mass is 252 g/mol. The standard InChI is InChI=1S/C13H21BO4/c1-4-5-10(2)18-9-11-8-12(17-3)6-7-13(11)14(15)16/h6-8,10,15-16H,4-5,9H2,1-3H3. The summed E-state index contributed by atoms with van der Waals surface area (Å²) in [5, 5.41) is 18.6. The van der Waals surface area contributed by atoms with Gasteiger partial charge in [-0.2, -0.15) is 0 Å². The maximum absolute atomic E-state index is 9.30. The molecule has 2 N–H and O–H groups in total. The lowest BCUT2D eigenvalue weighted by Gasteiger charge is -2.15. The van der Waals surface area contributed by atoms with Gasteiger partial charge in [0.05, 0.1) is 19.8 Å². The molecule has 0 heterocycles. The number of hydrogen-bond donors (Lipinski definition) is 2. The summed E-state index contributed by atoms with van der Waals surface area (Å²) >= 11 is 0. The molecule has 0 bridgehead atoms. The number of benzene rings is 1. The Hall–Kier alpha value is -1.04. The largest absolute Gasteiger partial charge is 0.497 e. The molecule has 0 aliphatic heterocycles. The van der Waals surface area contributed by atoms with Gasteiger partial charge >= 0.3 is 7.12 Å². The van der Waals surface area contributed by atoms with Gasteiger partial charge in [0, 0.05) is 0 Å². The second kappa shape index (κ2) is 7.41. The summed E-state index contributed by atoms with van der Waals surface area (Å²) in [7, 11) is 0.0883. The molecule has 100 valence electrons. The normalized spacial score (nSPS) is 12.3. The maximum Gasteiger partial charge on any atom is 0.488 e. The van der Waals surface area contributed by atoms with Crippen LogP contribution in [-0.4, -0.2) is 30.4 Å². The highest BCUT2D eigenvalue weighted by Crippen LogP contribution is 2.14. The van der Waals surface area contributed by atoms with E-state index in [1.807, 2.05) is 6.92 Å². The van der Waals surface area contributed by atoms with Crippen LogP contribution >= 0.6 is 0 Å². The fourth-order valence-corrected chi connectivity index (χ4v) is 1.81. The zero-order valence-corrected chi connectivity index (χ0v) is 11.2. The summed E-state index contributed by atoms with van der Waals surface area (Å²) in [5.41, 5.74) is 1.20. The minimum absolute atomic E-state index is 0.157. The van der Waals surface area contributed by atoms with E-state index in [1.165, 1.54) is 0 Å². The molecule has 0 saturated carbocycles. The van der Waals surface area contributed by atoms with Crippen molar-refractivity contribution in [2.75, 3.05) is 7.11 Å². The van der Waals surface area contributed by atoms with E-state index in [0.717, 1.165) is 18.4 Å². The van der Waals surface area contributed by atoms with Crippen LogP contribution in [0.3, 0.4) is 0 Å². The second-order valence-electron chi connectivity index (χ2n) is 4.35. The smallest absolute Gasteiger partial charge is 0.488 e. The first kappa shape index (κ1) is 15.0. The van der Waals surface area contributed by atoms with Crippen LogP contribution in [0.15, 0.2) is 18.2 Å². The first-order valence-corrected chi connectivity index (χ1v) is 6.23. The predicted molar refractivity (Wildman–Crippen MR) is 72.0 cm³/mol. The first-order chi connectivity index (χ1) is 8.58.